The Morgan fingerprint density at radius 2 is 1.43 bits per heavy atom. The third kappa shape index (κ3) is 7.79. The number of ether oxygens (including phenoxy) is 4. The van der Waals surface area contributed by atoms with Gasteiger partial charge in [0.25, 0.3) is 11.2 Å². The number of benzene rings is 1. The van der Waals surface area contributed by atoms with Gasteiger partial charge in [-0.2, -0.15) is 5.01 Å². The number of nitrogens with zero attached hydrogens (tertiary/aromatic N) is 3. The summed E-state index contributed by atoms with van der Waals surface area (Å²) in [4.78, 5) is 65.9. The largest absolute Gasteiger partial charge is 0.496 e. The van der Waals surface area contributed by atoms with Crippen LogP contribution in [0.15, 0.2) is 12.1 Å². The van der Waals surface area contributed by atoms with Crippen LogP contribution in [0.25, 0.3) is 0 Å². The summed E-state index contributed by atoms with van der Waals surface area (Å²) >= 11 is 0. The Kier molecular flexibility index (Phi) is 9.76. The molecule has 0 spiro atoms. The zero-order chi connectivity index (χ0) is 32.4. The summed E-state index contributed by atoms with van der Waals surface area (Å²) in [5.74, 6) is -3.70. The molecule has 0 radical (unpaired) electrons. The van der Waals surface area contributed by atoms with Crippen molar-refractivity contribution in [3.05, 3.63) is 27.8 Å². The Morgan fingerprint density at radius 3 is 1.83 bits per heavy atom. The lowest BCUT2D eigenvalue weighted by molar-refractivity contribution is -0.384. The van der Waals surface area contributed by atoms with Gasteiger partial charge >= 0.3 is 24.0 Å². The van der Waals surface area contributed by atoms with Crippen molar-refractivity contribution in [1.82, 2.24) is 5.01 Å². The number of hydrazine groups is 1. The Hall–Kier alpha value is -4.10. The quantitative estimate of drug-likeness (QED) is 0.140. The van der Waals surface area contributed by atoms with Crippen molar-refractivity contribution in [3.63, 3.8) is 0 Å². The van der Waals surface area contributed by atoms with Crippen LogP contribution in [-0.4, -0.2) is 75.0 Å². The van der Waals surface area contributed by atoms with Crippen LogP contribution in [0.1, 0.15) is 80.7 Å². The Balaban J connectivity index is 3.07. The fourth-order valence-corrected chi connectivity index (χ4v) is 4.35. The maximum atomic E-state index is 14.2. The van der Waals surface area contributed by atoms with Gasteiger partial charge in [-0.3, -0.25) is 19.9 Å². The highest BCUT2D eigenvalue weighted by Gasteiger charge is 2.62. The average molecular weight is 596 g/mol. The Labute approximate surface area is 244 Å². The van der Waals surface area contributed by atoms with E-state index in [9.17, 15) is 34.4 Å². The topological polar surface area (TPSA) is 175 Å². The third-order valence-corrected chi connectivity index (χ3v) is 5.81. The summed E-state index contributed by atoms with van der Waals surface area (Å²) in [5, 5.41) is 23.5. The summed E-state index contributed by atoms with van der Waals surface area (Å²) in [6.45, 7) is 13.7. The van der Waals surface area contributed by atoms with E-state index in [1.165, 1.54) is 60.8 Å². The van der Waals surface area contributed by atoms with Crippen molar-refractivity contribution in [2.45, 2.75) is 104 Å². The van der Waals surface area contributed by atoms with Crippen LogP contribution < -0.4 is 9.75 Å². The number of aliphatic carboxylic acids is 1. The van der Waals surface area contributed by atoms with Crippen molar-refractivity contribution in [2.75, 3.05) is 18.7 Å². The molecule has 0 bridgehead atoms. The van der Waals surface area contributed by atoms with E-state index < -0.39 is 69.8 Å². The number of carboxylic acid groups (broad SMARTS) is 1. The minimum absolute atomic E-state index is 0.108. The minimum Gasteiger partial charge on any atom is -0.496 e. The number of methoxy groups -OCH3 is 1. The van der Waals surface area contributed by atoms with Crippen LogP contribution >= 0.6 is 0 Å². The van der Waals surface area contributed by atoms with Gasteiger partial charge < -0.3 is 24.1 Å². The van der Waals surface area contributed by atoms with Crippen molar-refractivity contribution in [1.29, 1.82) is 0 Å². The summed E-state index contributed by atoms with van der Waals surface area (Å²) in [6.07, 6.45) is -2.72. The number of hydrogen-bond acceptors (Lipinski definition) is 11. The van der Waals surface area contributed by atoms with E-state index in [4.69, 9.17) is 18.9 Å². The number of nitro benzene ring substituents is 1. The van der Waals surface area contributed by atoms with Gasteiger partial charge in [0, 0.05) is 31.0 Å². The third-order valence-electron chi connectivity index (χ3n) is 5.81. The lowest BCUT2D eigenvalue weighted by atomic mass is 9.91. The number of carboxylic acids is 1. The molecule has 14 heteroatoms. The van der Waals surface area contributed by atoms with Gasteiger partial charge in [-0.05, 0) is 74.8 Å². The van der Waals surface area contributed by atoms with E-state index >= 15 is 0 Å². The van der Waals surface area contributed by atoms with Gasteiger partial charge in [-0.15, -0.1) is 0 Å². The Morgan fingerprint density at radius 1 is 0.929 bits per heavy atom. The first kappa shape index (κ1) is 34.1. The van der Waals surface area contributed by atoms with Gasteiger partial charge in [0.15, 0.2) is 0 Å². The van der Waals surface area contributed by atoms with Crippen LogP contribution in [0, 0.1) is 10.1 Å². The number of anilines is 1. The molecule has 1 amide bonds. The smallest absolute Gasteiger partial charge is 0.430 e. The summed E-state index contributed by atoms with van der Waals surface area (Å²) in [7, 11) is 1.37. The second kappa shape index (κ2) is 12.0. The molecule has 1 heterocycles. The van der Waals surface area contributed by atoms with Gasteiger partial charge in [0.2, 0.25) is 0 Å². The lowest BCUT2D eigenvalue weighted by Gasteiger charge is -2.46. The average Bonchev–Trinajstić information content (AvgIpc) is 3.21. The molecule has 0 atom stereocenters. The fraction of sp³-hybridized carbons (Fsp3) is 0.643. The minimum atomic E-state index is -2.78. The number of hydrogen-bond donors (Lipinski definition) is 1. The molecule has 2 rings (SSSR count). The molecule has 1 aliphatic heterocycles. The second-order valence-electron chi connectivity index (χ2n) is 12.8. The highest BCUT2D eigenvalue weighted by atomic mass is 16.6. The van der Waals surface area contributed by atoms with Crippen LogP contribution in [0.2, 0.25) is 0 Å². The summed E-state index contributed by atoms with van der Waals surface area (Å²) in [5.41, 5.74) is -6.59. The molecule has 14 nitrogen and oxygen atoms in total. The number of amides is 1. The van der Waals surface area contributed by atoms with E-state index in [1.54, 1.807) is 20.8 Å². The molecule has 1 aliphatic rings. The molecular weight excluding hydrogens is 554 g/mol. The van der Waals surface area contributed by atoms with Crippen molar-refractivity contribution >= 4 is 35.4 Å². The molecule has 1 aromatic rings. The first-order valence-electron chi connectivity index (χ1n) is 13.4. The predicted molar refractivity (Wildman–Crippen MR) is 150 cm³/mol. The van der Waals surface area contributed by atoms with E-state index in [2.05, 4.69) is 0 Å². The van der Waals surface area contributed by atoms with Gasteiger partial charge in [-0.1, -0.05) is 0 Å². The predicted octanol–water partition coefficient (Wildman–Crippen LogP) is 4.41. The number of esters is 2. The summed E-state index contributed by atoms with van der Waals surface area (Å²) < 4.78 is 22.3. The second-order valence-corrected chi connectivity index (χ2v) is 12.8. The van der Waals surface area contributed by atoms with Gasteiger partial charge in [0.05, 0.1) is 12.0 Å². The van der Waals surface area contributed by atoms with Crippen molar-refractivity contribution in [3.8, 4) is 5.75 Å². The molecule has 42 heavy (non-hydrogen) atoms. The monoisotopic (exact) mass is 595 g/mol. The lowest BCUT2D eigenvalue weighted by Crippen LogP contribution is -2.70. The molecule has 0 aliphatic carbocycles. The van der Waals surface area contributed by atoms with E-state index in [-0.39, 0.29) is 24.4 Å². The van der Waals surface area contributed by atoms with Crippen LogP contribution in [0.3, 0.4) is 0 Å². The van der Waals surface area contributed by atoms with Crippen LogP contribution in [0.4, 0.5) is 16.2 Å². The summed E-state index contributed by atoms with van der Waals surface area (Å²) in [6, 6.07) is 2.57. The van der Waals surface area contributed by atoms with Gasteiger partial charge in [-0.25, -0.2) is 14.4 Å². The standard InChI is InChI=1S/C28H41N3O11/c1-25(2,3)40-22(34)28(15-13-20(32)33,23(35)41-26(4,5)6)30(24(36)42-27(7,8)9)29-16-14-17-19(39-10)12-11-18(21(17)29)31(37)38/h11-12H,13-16H2,1-10H3,(H,32,33). The number of carbonyl (C=O) groups excluding carboxylic acids is 3. The molecule has 0 saturated carbocycles. The molecule has 0 fully saturated rings. The molecule has 1 N–H and O–H groups in total. The van der Waals surface area contributed by atoms with Crippen LogP contribution in [-0.2, 0) is 35.0 Å². The molecule has 0 saturated heterocycles. The SMILES string of the molecule is COc1ccc([N+](=O)[O-])c2c1CCN2N(C(=O)OC(C)(C)C)C(CCC(=O)O)(C(=O)OC(C)(C)C)C(=O)OC(C)(C)C. The molecule has 1 aromatic carbocycles. The zero-order valence-corrected chi connectivity index (χ0v) is 25.9. The van der Waals surface area contributed by atoms with E-state index in [0.717, 1.165) is 5.01 Å². The number of nitro groups is 1. The van der Waals surface area contributed by atoms with Gasteiger partial charge in [0.1, 0.15) is 28.2 Å². The fourth-order valence-electron chi connectivity index (χ4n) is 4.35. The zero-order valence-electron chi connectivity index (χ0n) is 25.9. The van der Waals surface area contributed by atoms with Crippen molar-refractivity contribution < 1.29 is 48.2 Å². The van der Waals surface area contributed by atoms with Crippen LogP contribution in [0.5, 0.6) is 5.75 Å². The first-order chi connectivity index (χ1) is 19.0. The molecule has 0 unspecified atom stereocenters. The Bertz CT molecular complexity index is 1210. The maximum absolute atomic E-state index is 14.2. The molecule has 0 aromatic heterocycles. The van der Waals surface area contributed by atoms with E-state index in [1.807, 2.05) is 0 Å². The molecule has 234 valence electrons. The number of rotatable bonds is 9. The first-order valence-corrected chi connectivity index (χ1v) is 13.4. The molecular formula is C28H41N3O11. The number of fused-ring (bicyclic) bond motifs is 1. The highest BCUT2D eigenvalue weighted by molar-refractivity contribution is 6.08. The normalized spacial score (nSPS) is 13.6. The van der Waals surface area contributed by atoms with Crippen molar-refractivity contribution in [2.24, 2.45) is 0 Å². The number of carbonyl (C=O) groups is 4. The maximum Gasteiger partial charge on any atom is 0.430 e. The van der Waals surface area contributed by atoms with E-state index in [0.29, 0.717) is 10.6 Å². The highest BCUT2D eigenvalue weighted by Crippen LogP contribution is 2.46.